The van der Waals surface area contributed by atoms with E-state index in [1.807, 2.05) is 6.07 Å². The zero-order chi connectivity index (χ0) is 14.8. The maximum absolute atomic E-state index is 10.8. The van der Waals surface area contributed by atoms with Crippen LogP contribution < -0.4 is 5.32 Å². The van der Waals surface area contributed by atoms with Gasteiger partial charge in [0.2, 0.25) is 0 Å². The van der Waals surface area contributed by atoms with Crippen molar-refractivity contribution in [2.24, 2.45) is 0 Å². The number of nitrogens with one attached hydrogen (secondary N) is 1. The van der Waals surface area contributed by atoms with Gasteiger partial charge < -0.3 is 5.32 Å². The van der Waals surface area contributed by atoms with Crippen LogP contribution in [0.25, 0.3) is 0 Å². The standard InChI is InChI=1S/C15H18N2O2S/c1-11-9-12(6-7-13(11)17(18)19)16-10-15(2,3)14-5-4-8-20-14/h4-9,16H,10H2,1-3H3. The van der Waals surface area contributed by atoms with Crippen molar-refractivity contribution in [1.29, 1.82) is 0 Å². The van der Waals surface area contributed by atoms with E-state index >= 15 is 0 Å². The number of nitro groups is 1. The minimum Gasteiger partial charge on any atom is -0.384 e. The van der Waals surface area contributed by atoms with Gasteiger partial charge in [-0.05, 0) is 30.5 Å². The van der Waals surface area contributed by atoms with Gasteiger partial charge in [-0.25, -0.2) is 0 Å². The van der Waals surface area contributed by atoms with Crippen LogP contribution in [0.1, 0.15) is 24.3 Å². The van der Waals surface area contributed by atoms with Crippen LogP contribution >= 0.6 is 11.3 Å². The number of thiophene rings is 1. The van der Waals surface area contributed by atoms with E-state index in [1.54, 1.807) is 30.4 Å². The van der Waals surface area contributed by atoms with Gasteiger partial charge in [0.25, 0.3) is 5.69 Å². The molecule has 4 nitrogen and oxygen atoms in total. The summed E-state index contributed by atoms with van der Waals surface area (Å²) in [6.07, 6.45) is 0. The Labute approximate surface area is 122 Å². The Bertz CT molecular complexity index is 606. The first kappa shape index (κ1) is 14.5. The molecule has 0 saturated carbocycles. The summed E-state index contributed by atoms with van der Waals surface area (Å²) in [5.41, 5.74) is 1.78. The third-order valence-electron chi connectivity index (χ3n) is 3.32. The number of hydrogen-bond donors (Lipinski definition) is 1. The zero-order valence-corrected chi connectivity index (χ0v) is 12.7. The molecule has 0 bridgehead atoms. The topological polar surface area (TPSA) is 55.2 Å². The Morgan fingerprint density at radius 1 is 1.35 bits per heavy atom. The highest BCUT2D eigenvalue weighted by Crippen LogP contribution is 2.28. The lowest BCUT2D eigenvalue weighted by Crippen LogP contribution is -2.26. The van der Waals surface area contributed by atoms with Crippen LogP contribution in [0.5, 0.6) is 0 Å². The van der Waals surface area contributed by atoms with E-state index in [2.05, 4.69) is 36.7 Å². The summed E-state index contributed by atoms with van der Waals surface area (Å²) in [5, 5.41) is 16.2. The van der Waals surface area contributed by atoms with Crippen LogP contribution in [-0.4, -0.2) is 11.5 Å². The Kier molecular flexibility index (Phi) is 4.09. The largest absolute Gasteiger partial charge is 0.384 e. The average molecular weight is 290 g/mol. The minimum atomic E-state index is -0.352. The molecule has 0 aliphatic rings. The van der Waals surface area contributed by atoms with Crippen molar-refractivity contribution in [2.45, 2.75) is 26.2 Å². The molecule has 1 aromatic heterocycles. The quantitative estimate of drug-likeness (QED) is 0.657. The molecule has 2 aromatic rings. The van der Waals surface area contributed by atoms with E-state index in [0.29, 0.717) is 5.56 Å². The molecule has 1 heterocycles. The highest BCUT2D eigenvalue weighted by molar-refractivity contribution is 7.10. The van der Waals surface area contributed by atoms with Crippen molar-refractivity contribution in [3.05, 3.63) is 56.3 Å². The van der Waals surface area contributed by atoms with Crippen molar-refractivity contribution in [1.82, 2.24) is 0 Å². The molecule has 1 N–H and O–H groups in total. The highest BCUT2D eigenvalue weighted by Gasteiger charge is 2.21. The Hall–Kier alpha value is -1.88. The van der Waals surface area contributed by atoms with Crippen LogP contribution in [0.4, 0.5) is 11.4 Å². The monoisotopic (exact) mass is 290 g/mol. The summed E-state index contributed by atoms with van der Waals surface area (Å²) in [5.74, 6) is 0. The SMILES string of the molecule is Cc1cc(NCC(C)(C)c2cccs2)ccc1[N+](=O)[O-]. The number of benzene rings is 1. The lowest BCUT2D eigenvalue weighted by molar-refractivity contribution is -0.385. The van der Waals surface area contributed by atoms with Gasteiger partial charge >= 0.3 is 0 Å². The van der Waals surface area contributed by atoms with Crippen molar-refractivity contribution in [3.8, 4) is 0 Å². The molecule has 20 heavy (non-hydrogen) atoms. The fourth-order valence-corrected chi connectivity index (χ4v) is 2.90. The summed E-state index contributed by atoms with van der Waals surface area (Å²) in [4.78, 5) is 11.8. The van der Waals surface area contributed by atoms with Crippen molar-refractivity contribution in [3.63, 3.8) is 0 Å². The molecule has 0 spiro atoms. The number of rotatable bonds is 5. The maximum Gasteiger partial charge on any atom is 0.272 e. The molecule has 1 aromatic carbocycles. The summed E-state index contributed by atoms with van der Waals surface area (Å²) in [7, 11) is 0. The smallest absolute Gasteiger partial charge is 0.272 e. The molecule has 5 heteroatoms. The molecule has 0 amide bonds. The molecule has 0 atom stereocenters. The van der Waals surface area contributed by atoms with Crippen molar-refractivity contribution in [2.75, 3.05) is 11.9 Å². The van der Waals surface area contributed by atoms with Crippen molar-refractivity contribution < 1.29 is 4.92 Å². The predicted octanol–water partition coefficient (Wildman–Crippen LogP) is 4.35. The molecule has 0 unspecified atom stereocenters. The van der Waals surface area contributed by atoms with Gasteiger partial charge in [0.05, 0.1) is 4.92 Å². The fourth-order valence-electron chi connectivity index (χ4n) is 2.04. The lowest BCUT2D eigenvalue weighted by Gasteiger charge is -2.24. The zero-order valence-electron chi connectivity index (χ0n) is 11.8. The first-order valence-corrected chi connectivity index (χ1v) is 7.31. The second-order valence-corrected chi connectivity index (χ2v) is 6.42. The first-order valence-electron chi connectivity index (χ1n) is 6.43. The van der Waals surface area contributed by atoms with Crippen molar-refractivity contribution >= 4 is 22.7 Å². The number of hydrogen-bond acceptors (Lipinski definition) is 4. The predicted molar refractivity (Wildman–Crippen MR) is 83.7 cm³/mol. The number of anilines is 1. The van der Waals surface area contributed by atoms with Gasteiger partial charge in [0.15, 0.2) is 0 Å². The van der Waals surface area contributed by atoms with Gasteiger partial charge in [-0.1, -0.05) is 19.9 Å². The third kappa shape index (κ3) is 3.17. The molecule has 106 valence electrons. The van der Waals surface area contributed by atoms with Crippen LogP contribution in [0, 0.1) is 17.0 Å². The van der Waals surface area contributed by atoms with E-state index < -0.39 is 0 Å². The summed E-state index contributed by atoms with van der Waals surface area (Å²) in [6, 6.07) is 9.32. The first-order chi connectivity index (χ1) is 9.40. The molecule has 0 aliphatic carbocycles. The van der Waals surface area contributed by atoms with E-state index in [0.717, 1.165) is 12.2 Å². The Balaban J connectivity index is 2.08. The van der Waals surface area contributed by atoms with Gasteiger partial charge in [-0.3, -0.25) is 10.1 Å². The van der Waals surface area contributed by atoms with Gasteiger partial charge in [-0.2, -0.15) is 0 Å². The van der Waals surface area contributed by atoms with E-state index in [1.165, 1.54) is 4.88 Å². The fraction of sp³-hybridized carbons (Fsp3) is 0.333. The third-order valence-corrected chi connectivity index (χ3v) is 4.55. The second-order valence-electron chi connectivity index (χ2n) is 5.47. The highest BCUT2D eigenvalue weighted by atomic mass is 32.1. The summed E-state index contributed by atoms with van der Waals surface area (Å²) < 4.78 is 0. The molecule has 2 rings (SSSR count). The van der Waals surface area contributed by atoms with Crippen LogP contribution in [0.15, 0.2) is 35.7 Å². The molecular weight excluding hydrogens is 272 g/mol. The average Bonchev–Trinajstić information content (AvgIpc) is 2.90. The Morgan fingerprint density at radius 3 is 2.65 bits per heavy atom. The molecule has 0 aliphatic heterocycles. The Morgan fingerprint density at radius 2 is 2.10 bits per heavy atom. The second kappa shape index (κ2) is 5.63. The maximum atomic E-state index is 10.8. The molecular formula is C15H18N2O2S. The molecule has 0 radical (unpaired) electrons. The van der Waals surface area contributed by atoms with E-state index in [-0.39, 0.29) is 16.0 Å². The van der Waals surface area contributed by atoms with Crippen LogP contribution in [0.3, 0.4) is 0 Å². The normalized spacial score (nSPS) is 11.3. The van der Waals surface area contributed by atoms with Gasteiger partial charge in [0.1, 0.15) is 0 Å². The van der Waals surface area contributed by atoms with Crippen LogP contribution in [0.2, 0.25) is 0 Å². The molecule has 0 saturated heterocycles. The van der Waals surface area contributed by atoms with E-state index in [4.69, 9.17) is 0 Å². The number of nitrogens with zero attached hydrogens (tertiary/aromatic N) is 1. The van der Waals surface area contributed by atoms with E-state index in [9.17, 15) is 10.1 Å². The summed E-state index contributed by atoms with van der Waals surface area (Å²) in [6.45, 7) is 6.91. The van der Waals surface area contributed by atoms with Crippen LogP contribution in [-0.2, 0) is 5.41 Å². The number of nitro benzene ring substituents is 1. The lowest BCUT2D eigenvalue weighted by atomic mass is 9.91. The number of aryl methyl sites for hydroxylation is 1. The molecule has 0 fully saturated rings. The van der Waals surface area contributed by atoms with Gasteiger partial charge in [0, 0.05) is 34.2 Å². The minimum absolute atomic E-state index is 0.0316. The van der Waals surface area contributed by atoms with Gasteiger partial charge in [-0.15, -0.1) is 11.3 Å². The summed E-state index contributed by atoms with van der Waals surface area (Å²) >= 11 is 1.75.